The summed E-state index contributed by atoms with van der Waals surface area (Å²) in [7, 11) is 0. The minimum absolute atomic E-state index is 0.00392. The molecule has 240 valence electrons. The molecule has 0 nitrogen and oxygen atoms in total. The first-order chi connectivity index (χ1) is 21.9. The van der Waals surface area contributed by atoms with Gasteiger partial charge in [0, 0.05) is 16.9 Å². The quantitative estimate of drug-likeness (QED) is 0.102. The number of rotatable bonds is 8. The first kappa shape index (κ1) is 33.2. The Hall–Kier alpha value is -4.12. The van der Waals surface area contributed by atoms with E-state index >= 15 is 13.2 Å². The van der Waals surface area contributed by atoms with Crippen molar-refractivity contribution in [2.75, 3.05) is 0 Å². The molecular formula is C38H32F8. The number of halogens is 8. The van der Waals surface area contributed by atoms with Crippen LogP contribution in [0.3, 0.4) is 0 Å². The molecule has 0 radical (unpaired) electrons. The van der Waals surface area contributed by atoms with Crippen molar-refractivity contribution in [1.82, 2.24) is 0 Å². The molecule has 1 saturated carbocycles. The van der Waals surface area contributed by atoms with Crippen LogP contribution >= 0.6 is 0 Å². The standard InChI is InChI=1S/C38H32F8/c1-2-3-4-5-23-6-8-24(9-7-23)10-11-25-12-14-29(32(39)18-25)28-21-34(41)36(35(42)22-28)26-13-15-30-27(19-26)20-33(40)31(37(30)43)16-17-38(44,45)46/h10-15,18-24H,2-9H2,1H3/b11-10+. The zero-order valence-electron chi connectivity index (χ0n) is 25.2. The molecule has 0 aliphatic heterocycles. The molecule has 0 N–H and O–H groups in total. The van der Waals surface area contributed by atoms with Gasteiger partial charge in [-0.3, -0.25) is 0 Å². The lowest BCUT2D eigenvalue weighted by atomic mass is 9.79. The zero-order chi connectivity index (χ0) is 33.0. The van der Waals surface area contributed by atoms with Gasteiger partial charge in [0.2, 0.25) is 0 Å². The molecule has 0 heterocycles. The second kappa shape index (κ2) is 14.1. The number of hydrogen-bond acceptors (Lipinski definition) is 0. The minimum atomic E-state index is -4.95. The summed E-state index contributed by atoms with van der Waals surface area (Å²) >= 11 is 0. The molecular weight excluding hydrogens is 608 g/mol. The van der Waals surface area contributed by atoms with Crippen LogP contribution < -0.4 is 0 Å². The number of unbranched alkanes of at least 4 members (excludes halogenated alkanes) is 2. The molecule has 0 bridgehead atoms. The Morgan fingerprint density at radius 2 is 1.48 bits per heavy atom. The first-order valence-electron chi connectivity index (χ1n) is 15.4. The van der Waals surface area contributed by atoms with E-state index in [0.717, 1.165) is 61.1 Å². The predicted octanol–water partition coefficient (Wildman–Crippen LogP) is 12.2. The maximum absolute atomic E-state index is 15.3. The fourth-order valence-corrected chi connectivity index (χ4v) is 6.21. The Bertz CT molecular complexity index is 1790. The largest absolute Gasteiger partial charge is 0.458 e. The summed E-state index contributed by atoms with van der Waals surface area (Å²) in [4.78, 5) is 0. The number of benzene rings is 4. The molecule has 0 spiro atoms. The van der Waals surface area contributed by atoms with Gasteiger partial charge in [0.1, 0.15) is 29.1 Å². The van der Waals surface area contributed by atoms with Gasteiger partial charge in [0.15, 0.2) is 0 Å². The van der Waals surface area contributed by atoms with E-state index in [1.165, 1.54) is 56.6 Å². The van der Waals surface area contributed by atoms with Crippen LogP contribution in [0.1, 0.15) is 69.4 Å². The smallest absolute Gasteiger partial charge is 0.206 e. The van der Waals surface area contributed by atoms with Crippen LogP contribution in [-0.2, 0) is 0 Å². The summed E-state index contributed by atoms with van der Waals surface area (Å²) in [5.41, 5.74) is -1.02. The van der Waals surface area contributed by atoms with E-state index in [0.29, 0.717) is 11.5 Å². The Balaban J connectivity index is 1.34. The van der Waals surface area contributed by atoms with Crippen molar-refractivity contribution < 1.29 is 35.1 Å². The van der Waals surface area contributed by atoms with Crippen LogP contribution in [0, 0.1) is 52.8 Å². The Morgan fingerprint density at radius 3 is 2.13 bits per heavy atom. The molecule has 46 heavy (non-hydrogen) atoms. The molecule has 0 aromatic heterocycles. The number of fused-ring (bicyclic) bond motifs is 1. The molecule has 4 aromatic rings. The highest BCUT2D eigenvalue weighted by Gasteiger charge is 2.24. The second-order valence-electron chi connectivity index (χ2n) is 11.9. The van der Waals surface area contributed by atoms with Crippen molar-refractivity contribution in [3.8, 4) is 34.1 Å². The molecule has 1 aliphatic rings. The van der Waals surface area contributed by atoms with Gasteiger partial charge >= 0.3 is 6.18 Å². The van der Waals surface area contributed by atoms with Crippen LogP contribution in [0.2, 0.25) is 0 Å². The summed E-state index contributed by atoms with van der Waals surface area (Å²) in [5, 5.41) is -0.414. The Morgan fingerprint density at radius 1 is 0.761 bits per heavy atom. The molecule has 4 aromatic carbocycles. The topological polar surface area (TPSA) is 0 Å². The van der Waals surface area contributed by atoms with Crippen LogP contribution in [0.5, 0.6) is 0 Å². The summed E-state index contributed by atoms with van der Waals surface area (Å²) in [6, 6.07) is 10.5. The molecule has 8 heteroatoms. The molecule has 0 atom stereocenters. The van der Waals surface area contributed by atoms with Gasteiger partial charge in [-0.1, -0.05) is 74.9 Å². The van der Waals surface area contributed by atoms with Crippen molar-refractivity contribution in [2.45, 2.75) is 64.5 Å². The molecule has 1 fully saturated rings. The van der Waals surface area contributed by atoms with Crippen LogP contribution in [0.4, 0.5) is 35.1 Å². The lowest BCUT2D eigenvalue weighted by Gasteiger charge is -2.26. The SMILES string of the molecule is CCCCCC1CCC(/C=C/c2ccc(-c3cc(F)c(-c4ccc5c(F)c(C#CC(F)(F)F)c(F)cc5c4)c(F)c3)c(F)c2)CC1. The molecule has 0 unspecified atom stereocenters. The number of hydrogen-bond donors (Lipinski definition) is 0. The van der Waals surface area contributed by atoms with Crippen molar-refractivity contribution in [3.05, 3.63) is 101 Å². The lowest BCUT2D eigenvalue weighted by Crippen LogP contribution is -2.12. The predicted molar refractivity (Wildman–Crippen MR) is 166 cm³/mol. The van der Waals surface area contributed by atoms with E-state index in [4.69, 9.17) is 0 Å². The van der Waals surface area contributed by atoms with Crippen LogP contribution in [-0.4, -0.2) is 6.18 Å². The van der Waals surface area contributed by atoms with Crippen LogP contribution in [0.25, 0.3) is 39.1 Å². The third-order valence-electron chi connectivity index (χ3n) is 8.66. The molecule has 5 rings (SSSR count). The van der Waals surface area contributed by atoms with Crippen molar-refractivity contribution in [1.29, 1.82) is 0 Å². The van der Waals surface area contributed by atoms with E-state index in [2.05, 4.69) is 13.0 Å². The van der Waals surface area contributed by atoms with Gasteiger partial charge in [0.05, 0.1) is 11.1 Å². The average molecular weight is 641 g/mol. The zero-order valence-corrected chi connectivity index (χ0v) is 25.2. The number of allylic oxidation sites excluding steroid dienone is 1. The van der Waals surface area contributed by atoms with Crippen LogP contribution in [0.15, 0.2) is 60.7 Å². The summed E-state index contributed by atoms with van der Waals surface area (Å²) in [6.45, 7) is 2.21. The van der Waals surface area contributed by atoms with Gasteiger partial charge in [-0.25, -0.2) is 22.0 Å². The fourth-order valence-electron chi connectivity index (χ4n) is 6.21. The van der Waals surface area contributed by atoms with Gasteiger partial charge in [-0.05, 0) is 89.9 Å². The molecule has 1 aliphatic carbocycles. The maximum atomic E-state index is 15.3. The van der Waals surface area contributed by atoms with Gasteiger partial charge in [0.25, 0.3) is 0 Å². The third-order valence-corrected chi connectivity index (χ3v) is 8.66. The summed E-state index contributed by atoms with van der Waals surface area (Å²) in [5.74, 6) is -1.87. The lowest BCUT2D eigenvalue weighted by molar-refractivity contribution is -0.0696. The third kappa shape index (κ3) is 7.81. The second-order valence-corrected chi connectivity index (χ2v) is 11.9. The molecule has 0 saturated heterocycles. The normalized spacial score (nSPS) is 17.0. The minimum Gasteiger partial charge on any atom is -0.206 e. The van der Waals surface area contributed by atoms with E-state index < -0.39 is 46.4 Å². The highest BCUT2D eigenvalue weighted by Crippen LogP contribution is 2.36. The first-order valence-corrected chi connectivity index (χ1v) is 15.4. The average Bonchev–Trinajstić information content (AvgIpc) is 2.99. The summed E-state index contributed by atoms with van der Waals surface area (Å²) in [6.07, 6.45) is 8.74. The fraction of sp³-hybridized carbons (Fsp3) is 0.316. The van der Waals surface area contributed by atoms with Crippen molar-refractivity contribution in [3.63, 3.8) is 0 Å². The highest BCUT2D eigenvalue weighted by atomic mass is 19.4. The monoisotopic (exact) mass is 640 g/mol. The van der Waals surface area contributed by atoms with E-state index in [1.54, 1.807) is 6.07 Å². The Labute approximate surface area is 263 Å². The summed E-state index contributed by atoms with van der Waals surface area (Å²) < 4.78 is 112. The number of alkyl halides is 3. The maximum Gasteiger partial charge on any atom is 0.458 e. The highest BCUT2D eigenvalue weighted by molar-refractivity contribution is 5.89. The van der Waals surface area contributed by atoms with E-state index in [9.17, 15) is 22.0 Å². The van der Waals surface area contributed by atoms with Gasteiger partial charge in [-0.2, -0.15) is 13.2 Å². The molecule has 0 amide bonds. The Kier molecular flexibility index (Phi) is 10.2. The van der Waals surface area contributed by atoms with Crippen molar-refractivity contribution in [2.24, 2.45) is 11.8 Å². The van der Waals surface area contributed by atoms with Crippen molar-refractivity contribution >= 4 is 16.8 Å². The van der Waals surface area contributed by atoms with E-state index in [-0.39, 0.29) is 27.5 Å². The van der Waals surface area contributed by atoms with Gasteiger partial charge in [-0.15, -0.1) is 0 Å². The van der Waals surface area contributed by atoms with Gasteiger partial charge < -0.3 is 0 Å². The van der Waals surface area contributed by atoms with E-state index in [1.807, 2.05) is 6.08 Å².